The summed E-state index contributed by atoms with van der Waals surface area (Å²) in [7, 11) is 0. The molecule has 0 heterocycles. The third-order valence-corrected chi connectivity index (χ3v) is 0.644. The molecule has 1 heteroatoms. The van der Waals surface area contributed by atoms with Crippen molar-refractivity contribution < 1.29 is 9.60 Å². The average Bonchev–Trinajstić information content (AvgIpc) is 2.09. The molecule has 0 saturated carbocycles. The van der Waals surface area contributed by atoms with Crippen molar-refractivity contribution in [1.82, 2.24) is 0 Å². The Morgan fingerprint density at radius 1 is 1.50 bits per heavy atom. The van der Waals surface area contributed by atoms with E-state index in [9.17, 15) is 0 Å². The van der Waals surface area contributed by atoms with Gasteiger partial charge in [-0.15, -0.1) is 0 Å². The van der Waals surface area contributed by atoms with E-state index in [0.717, 1.165) is 0 Å². The van der Waals surface area contributed by atoms with E-state index < -0.39 is 36.6 Å². The molecule has 0 aromatic heterocycles. The van der Waals surface area contributed by atoms with Crippen LogP contribution in [0.4, 0.5) is 5.69 Å². The molecule has 0 spiro atoms. The van der Waals surface area contributed by atoms with E-state index in [2.05, 4.69) is 0 Å². The van der Waals surface area contributed by atoms with Crippen molar-refractivity contribution in [2.75, 3.05) is 5.73 Å². The first-order chi connectivity index (χ1) is 6.68. The van der Waals surface area contributed by atoms with Gasteiger partial charge in [-0.05, 0) is 18.9 Å². The van der Waals surface area contributed by atoms with Crippen LogP contribution in [0.25, 0.3) is 0 Å². The lowest BCUT2D eigenvalue weighted by molar-refractivity contribution is 1.47. The highest BCUT2D eigenvalue weighted by Gasteiger charge is 1.80. The Balaban J connectivity index is 3.68. The van der Waals surface area contributed by atoms with Crippen LogP contribution in [-0.2, 0) is 0 Å². The fourth-order valence-corrected chi connectivity index (χ4v) is 0.322. The third kappa shape index (κ3) is 0.997. The molecule has 0 atom stereocenters. The number of benzene rings is 1. The van der Waals surface area contributed by atoms with Gasteiger partial charge < -0.3 is 5.73 Å². The topological polar surface area (TPSA) is 26.0 Å². The summed E-state index contributed by atoms with van der Waals surface area (Å²) in [5.41, 5.74) is 4.37. The zero-order valence-electron chi connectivity index (χ0n) is 11.1. The number of anilines is 1. The minimum absolute atomic E-state index is 0.335. The Kier molecular flexibility index (Phi) is 0.302. The number of rotatable bonds is 0. The summed E-state index contributed by atoms with van der Waals surface area (Å²) >= 11 is 0. The van der Waals surface area contributed by atoms with Gasteiger partial charge in [-0.1, -0.05) is 17.6 Å². The van der Waals surface area contributed by atoms with Crippen LogP contribution in [0, 0.1) is 6.85 Å². The fourth-order valence-electron chi connectivity index (χ4n) is 0.322. The summed E-state index contributed by atoms with van der Waals surface area (Å²) < 4.78 is 50.8. The van der Waals surface area contributed by atoms with Crippen molar-refractivity contribution in [2.45, 2.75) is 6.85 Å². The lowest BCUT2D eigenvalue weighted by Gasteiger charge is -1.90. The summed E-state index contributed by atoms with van der Waals surface area (Å²) in [6, 6.07) is -2.23. The van der Waals surface area contributed by atoms with Crippen molar-refractivity contribution in [3.05, 3.63) is 29.7 Å². The highest BCUT2D eigenvalue weighted by Crippen LogP contribution is 2.02. The second kappa shape index (κ2) is 1.86. The zero-order chi connectivity index (χ0) is 12.0. The largest absolute Gasteiger partial charge is 0.399 e. The lowest BCUT2D eigenvalue weighted by Crippen LogP contribution is -1.81. The molecule has 1 aromatic rings. The van der Waals surface area contributed by atoms with Crippen molar-refractivity contribution in [3.8, 4) is 0 Å². The molecule has 1 rings (SSSR count). The molecule has 0 unspecified atom stereocenters. The Labute approximate surface area is 59.0 Å². The summed E-state index contributed by atoms with van der Waals surface area (Å²) in [5, 5.41) is 0. The monoisotopic (exact) mass is 114 g/mol. The molecule has 0 fully saturated rings. The maximum absolute atomic E-state index is 7.40. The normalized spacial score (nSPS) is 23.2. The van der Waals surface area contributed by atoms with Gasteiger partial charge in [-0.25, -0.2) is 0 Å². The molecule has 1 aromatic carbocycles. The maximum atomic E-state index is 7.40. The third-order valence-electron chi connectivity index (χ3n) is 0.644. The fraction of sp³-hybridized carbons (Fsp3) is 0.143. The van der Waals surface area contributed by atoms with E-state index in [0.29, 0.717) is 0 Å². The molecule has 0 aliphatic heterocycles. The first-order valence-electron chi connectivity index (χ1n) is 5.54. The first-order valence-corrected chi connectivity index (χ1v) is 2.04. The average molecular weight is 114 g/mol. The van der Waals surface area contributed by atoms with Crippen molar-refractivity contribution in [2.24, 2.45) is 0 Å². The van der Waals surface area contributed by atoms with Crippen molar-refractivity contribution in [3.63, 3.8) is 0 Å². The van der Waals surface area contributed by atoms with E-state index in [1.807, 2.05) is 0 Å². The van der Waals surface area contributed by atoms with Crippen LogP contribution in [0.3, 0.4) is 0 Å². The van der Waals surface area contributed by atoms with Gasteiger partial charge in [-0.3, -0.25) is 0 Å². The highest BCUT2D eigenvalue weighted by molar-refractivity contribution is 5.38. The first kappa shape index (κ1) is 1.29. The molecule has 0 amide bonds. The van der Waals surface area contributed by atoms with Gasteiger partial charge in [0, 0.05) is 9.80 Å². The van der Waals surface area contributed by atoms with Crippen LogP contribution in [0.1, 0.15) is 15.2 Å². The van der Waals surface area contributed by atoms with Crippen molar-refractivity contribution in [1.29, 1.82) is 0 Å². The molecular formula is C7H9N. The van der Waals surface area contributed by atoms with Gasteiger partial charge >= 0.3 is 0 Å². The second-order valence-corrected chi connectivity index (χ2v) is 1.29. The Hall–Kier alpha value is -0.980. The van der Waals surface area contributed by atoms with Gasteiger partial charge in [0.1, 0.15) is 0 Å². The van der Waals surface area contributed by atoms with E-state index in [4.69, 9.17) is 15.3 Å². The number of hydrogen-bond acceptors (Lipinski definition) is 1. The molecule has 1 nitrogen and oxygen atoms in total. The summed E-state index contributed by atoms with van der Waals surface area (Å²) in [6.45, 7) is -2.67. The molecular weight excluding hydrogens is 98.1 g/mol. The maximum Gasteiger partial charge on any atom is 0.0645 e. The van der Waals surface area contributed by atoms with Gasteiger partial charge in [0.25, 0.3) is 0 Å². The van der Waals surface area contributed by atoms with Crippen LogP contribution in [0.5, 0.6) is 0 Å². The Morgan fingerprint density at radius 3 is 2.62 bits per heavy atom. The van der Waals surface area contributed by atoms with Crippen molar-refractivity contribution >= 4 is 5.69 Å². The zero-order valence-corrected chi connectivity index (χ0v) is 4.08. The minimum atomic E-state index is -2.67. The summed E-state index contributed by atoms with van der Waals surface area (Å²) in [5.74, 6) is 0. The van der Waals surface area contributed by atoms with Crippen LogP contribution < -0.4 is 5.73 Å². The second-order valence-electron chi connectivity index (χ2n) is 1.29. The highest BCUT2D eigenvalue weighted by atomic mass is 14.5. The van der Waals surface area contributed by atoms with E-state index >= 15 is 0 Å². The van der Waals surface area contributed by atoms with Gasteiger partial charge in [0.2, 0.25) is 0 Å². The molecule has 2 N–H and O–H groups in total. The van der Waals surface area contributed by atoms with Crippen LogP contribution in [-0.4, -0.2) is 0 Å². The molecule has 42 valence electrons. The molecule has 8 heavy (non-hydrogen) atoms. The summed E-state index contributed by atoms with van der Waals surface area (Å²) in [4.78, 5) is 0. The molecule has 0 radical (unpaired) electrons. The van der Waals surface area contributed by atoms with Gasteiger partial charge in [0.15, 0.2) is 0 Å². The summed E-state index contributed by atoms with van der Waals surface area (Å²) in [6.07, 6.45) is 0. The molecule has 0 aliphatic carbocycles. The lowest BCUT2D eigenvalue weighted by atomic mass is 10.2. The van der Waals surface area contributed by atoms with E-state index in [-0.39, 0.29) is 5.69 Å². The van der Waals surface area contributed by atoms with Gasteiger partial charge in [0.05, 0.1) is 5.48 Å². The molecule has 0 saturated heterocycles. The Bertz CT molecular complexity index is 380. The standard InChI is InChI=1S/C7H9N/c1-6-2-4-7(8)5-3-6/h2-5H,8H2,1H3/i1D3,2D,3D,4D,5D. The SMILES string of the molecule is [2H]c1c([2H])c(C([2H])([2H])[2H])c([2H])c([2H])c1N. The van der Waals surface area contributed by atoms with Crippen LogP contribution in [0.2, 0.25) is 0 Å². The van der Waals surface area contributed by atoms with Gasteiger partial charge in [-0.2, -0.15) is 0 Å². The number of hydrogen-bond donors (Lipinski definition) is 1. The number of nitrogen functional groups attached to an aromatic ring is 1. The van der Waals surface area contributed by atoms with E-state index in [1.54, 1.807) is 0 Å². The smallest absolute Gasteiger partial charge is 0.0645 e. The predicted octanol–water partition coefficient (Wildman–Crippen LogP) is 1.58. The molecule has 0 bridgehead atoms. The quantitative estimate of drug-likeness (QED) is 0.509. The van der Waals surface area contributed by atoms with Crippen LogP contribution in [0.15, 0.2) is 24.2 Å². The van der Waals surface area contributed by atoms with Crippen LogP contribution >= 0.6 is 0 Å². The Morgan fingerprint density at radius 2 is 2.12 bits per heavy atom. The predicted molar refractivity (Wildman–Crippen MR) is 35.6 cm³/mol. The minimum Gasteiger partial charge on any atom is -0.399 e. The molecule has 0 aliphatic rings. The number of nitrogens with two attached hydrogens (primary N) is 1. The van der Waals surface area contributed by atoms with E-state index in [1.165, 1.54) is 0 Å².